The third-order valence-electron chi connectivity index (χ3n) is 4.17. The van der Waals surface area contributed by atoms with Gasteiger partial charge in [-0.15, -0.1) is 0 Å². The summed E-state index contributed by atoms with van der Waals surface area (Å²) >= 11 is 0. The maximum Gasteiger partial charge on any atom is 0.119 e. The quantitative estimate of drug-likeness (QED) is 0.795. The second-order valence-corrected chi connectivity index (χ2v) is 6.02. The first-order valence-electron chi connectivity index (χ1n) is 8.46. The van der Waals surface area contributed by atoms with Gasteiger partial charge in [0.15, 0.2) is 0 Å². The normalized spacial score (nSPS) is 17.0. The predicted octanol–water partition coefficient (Wildman–Crippen LogP) is 3.30. The maximum absolute atomic E-state index is 5.72. The lowest BCUT2D eigenvalue weighted by atomic mass is 9.96. The van der Waals surface area contributed by atoms with Crippen LogP contribution >= 0.6 is 0 Å². The number of likely N-dealkylation sites (tertiary alicyclic amines) is 1. The minimum Gasteiger partial charge on any atom is -0.494 e. The number of benzene rings is 1. The van der Waals surface area contributed by atoms with Crippen LogP contribution in [-0.4, -0.2) is 37.7 Å². The molecule has 1 aliphatic heterocycles. The summed E-state index contributed by atoms with van der Waals surface area (Å²) in [5.74, 6) is 1.87. The Morgan fingerprint density at radius 1 is 1.24 bits per heavy atom. The fourth-order valence-corrected chi connectivity index (χ4v) is 2.91. The summed E-state index contributed by atoms with van der Waals surface area (Å²) in [4.78, 5) is 2.57. The molecular formula is C18H30N2O. The van der Waals surface area contributed by atoms with Crippen LogP contribution < -0.4 is 10.1 Å². The van der Waals surface area contributed by atoms with Crippen LogP contribution in [-0.2, 0) is 6.54 Å². The van der Waals surface area contributed by atoms with Crippen molar-refractivity contribution >= 4 is 0 Å². The van der Waals surface area contributed by atoms with Crippen LogP contribution in [0.15, 0.2) is 24.3 Å². The van der Waals surface area contributed by atoms with E-state index < -0.39 is 0 Å². The Kier molecular flexibility index (Phi) is 7.04. The number of hydrogen-bond acceptors (Lipinski definition) is 3. The minimum atomic E-state index is 0.805. The Hall–Kier alpha value is -1.06. The smallest absolute Gasteiger partial charge is 0.119 e. The van der Waals surface area contributed by atoms with Gasteiger partial charge in [0.25, 0.3) is 0 Å². The lowest BCUT2D eigenvalue weighted by molar-refractivity contribution is 0.175. The van der Waals surface area contributed by atoms with E-state index in [9.17, 15) is 0 Å². The van der Waals surface area contributed by atoms with Crippen molar-refractivity contribution in [2.24, 2.45) is 5.92 Å². The van der Waals surface area contributed by atoms with E-state index in [1.54, 1.807) is 0 Å². The first-order valence-corrected chi connectivity index (χ1v) is 8.46. The van der Waals surface area contributed by atoms with Crippen LogP contribution in [0.3, 0.4) is 0 Å². The van der Waals surface area contributed by atoms with Crippen LogP contribution in [0.4, 0.5) is 0 Å². The van der Waals surface area contributed by atoms with Gasteiger partial charge in [0.2, 0.25) is 0 Å². The second kappa shape index (κ2) is 9.06. The molecule has 0 amide bonds. The van der Waals surface area contributed by atoms with Crippen molar-refractivity contribution in [1.82, 2.24) is 10.2 Å². The zero-order valence-electron chi connectivity index (χ0n) is 13.6. The van der Waals surface area contributed by atoms with Crippen LogP contribution in [0.5, 0.6) is 5.75 Å². The molecule has 2 rings (SSSR count). The van der Waals surface area contributed by atoms with Gasteiger partial charge in [-0.2, -0.15) is 0 Å². The topological polar surface area (TPSA) is 24.5 Å². The Balaban J connectivity index is 1.77. The van der Waals surface area contributed by atoms with E-state index in [0.717, 1.165) is 37.8 Å². The molecular weight excluding hydrogens is 260 g/mol. The number of ether oxygens (including phenoxy) is 1. The summed E-state index contributed by atoms with van der Waals surface area (Å²) in [5, 5.41) is 3.47. The minimum absolute atomic E-state index is 0.805. The summed E-state index contributed by atoms with van der Waals surface area (Å²) in [6, 6.07) is 8.57. The Labute approximate surface area is 129 Å². The number of rotatable bonds is 8. The molecule has 0 unspecified atom stereocenters. The molecule has 0 radical (unpaired) electrons. The number of piperidine rings is 1. The molecule has 0 aliphatic carbocycles. The molecule has 0 aromatic heterocycles. The zero-order chi connectivity index (χ0) is 14.9. The van der Waals surface area contributed by atoms with E-state index in [-0.39, 0.29) is 0 Å². The lowest BCUT2D eigenvalue weighted by Crippen LogP contribution is -2.36. The monoisotopic (exact) mass is 290 g/mol. The predicted molar refractivity (Wildman–Crippen MR) is 88.8 cm³/mol. The van der Waals surface area contributed by atoms with Crippen LogP contribution in [0.25, 0.3) is 0 Å². The molecule has 3 nitrogen and oxygen atoms in total. The molecule has 118 valence electrons. The van der Waals surface area contributed by atoms with Crippen LogP contribution in [0.1, 0.15) is 38.7 Å². The summed E-state index contributed by atoms with van der Waals surface area (Å²) in [6.45, 7) is 10.9. The number of nitrogens with zero attached hydrogens (tertiary/aromatic N) is 1. The van der Waals surface area contributed by atoms with Gasteiger partial charge in [-0.1, -0.05) is 26.0 Å². The van der Waals surface area contributed by atoms with Crippen molar-refractivity contribution in [1.29, 1.82) is 0 Å². The molecule has 21 heavy (non-hydrogen) atoms. The van der Waals surface area contributed by atoms with Crippen LogP contribution in [0, 0.1) is 5.92 Å². The van der Waals surface area contributed by atoms with E-state index in [2.05, 4.69) is 48.3 Å². The first kappa shape index (κ1) is 16.3. The van der Waals surface area contributed by atoms with E-state index >= 15 is 0 Å². The molecule has 1 aromatic carbocycles. The SMILES string of the molecule is CCCOc1cccc(CN2CCC(CNCC)CC2)c1. The van der Waals surface area contributed by atoms with Gasteiger partial charge >= 0.3 is 0 Å². The van der Waals surface area contributed by atoms with E-state index in [1.807, 2.05) is 0 Å². The maximum atomic E-state index is 5.72. The van der Waals surface area contributed by atoms with Gasteiger partial charge in [-0.25, -0.2) is 0 Å². The van der Waals surface area contributed by atoms with E-state index in [1.165, 1.54) is 38.0 Å². The Bertz CT molecular complexity index is 400. The standard InChI is InChI=1S/C18H30N2O/c1-3-12-21-18-7-5-6-17(13-18)15-20-10-8-16(9-11-20)14-19-4-2/h5-7,13,16,19H,3-4,8-12,14-15H2,1-2H3. The molecule has 1 N–H and O–H groups in total. The number of nitrogens with one attached hydrogen (secondary N) is 1. The number of hydrogen-bond donors (Lipinski definition) is 1. The average Bonchev–Trinajstić information content (AvgIpc) is 2.53. The van der Waals surface area contributed by atoms with Gasteiger partial charge in [0.05, 0.1) is 6.61 Å². The van der Waals surface area contributed by atoms with Crippen molar-refractivity contribution in [2.45, 2.75) is 39.7 Å². The highest BCUT2D eigenvalue weighted by Crippen LogP contribution is 2.20. The van der Waals surface area contributed by atoms with Crippen molar-refractivity contribution in [2.75, 3.05) is 32.8 Å². The molecule has 1 aromatic rings. The van der Waals surface area contributed by atoms with Crippen molar-refractivity contribution in [3.8, 4) is 5.75 Å². The molecule has 1 aliphatic rings. The summed E-state index contributed by atoms with van der Waals surface area (Å²) in [7, 11) is 0. The molecule has 1 fully saturated rings. The summed E-state index contributed by atoms with van der Waals surface area (Å²) < 4.78 is 5.72. The average molecular weight is 290 g/mol. The molecule has 3 heteroatoms. The molecule has 1 heterocycles. The largest absolute Gasteiger partial charge is 0.494 e. The third-order valence-corrected chi connectivity index (χ3v) is 4.17. The highest BCUT2D eigenvalue weighted by molar-refractivity contribution is 5.28. The second-order valence-electron chi connectivity index (χ2n) is 6.02. The fraction of sp³-hybridized carbons (Fsp3) is 0.667. The summed E-state index contributed by atoms with van der Waals surface area (Å²) in [6.07, 6.45) is 3.70. The van der Waals surface area contributed by atoms with Gasteiger partial charge < -0.3 is 10.1 Å². The lowest BCUT2D eigenvalue weighted by Gasteiger charge is -2.32. The van der Waals surface area contributed by atoms with Crippen LogP contribution in [0.2, 0.25) is 0 Å². The highest BCUT2D eigenvalue weighted by Gasteiger charge is 2.18. The molecule has 0 spiro atoms. The molecule has 1 saturated heterocycles. The van der Waals surface area contributed by atoms with Gasteiger partial charge in [0, 0.05) is 6.54 Å². The summed E-state index contributed by atoms with van der Waals surface area (Å²) in [5.41, 5.74) is 1.37. The van der Waals surface area contributed by atoms with Crippen molar-refractivity contribution < 1.29 is 4.74 Å². The Morgan fingerprint density at radius 2 is 2.05 bits per heavy atom. The first-order chi connectivity index (χ1) is 10.3. The zero-order valence-corrected chi connectivity index (χ0v) is 13.6. The molecule has 0 bridgehead atoms. The van der Waals surface area contributed by atoms with Crippen molar-refractivity contribution in [3.63, 3.8) is 0 Å². The molecule has 0 atom stereocenters. The van der Waals surface area contributed by atoms with Gasteiger partial charge in [-0.05, 0) is 69.1 Å². The van der Waals surface area contributed by atoms with Gasteiger partial charge in [0.1, 0.15) is 5.75 Å². The Morgan fingerprint density at radius 3 is 2.76 bits per heavy atom. The van der Waals surface area contributed by atoms with Crippen molar-refractivity contribution in [3.05, 3.63) is 29.8 Å². The fourth-order valence-electron chi connectivity index (χ4n) is 2.91. The molecule has 0 saturated carbocycles. The third kappa shape index (κ3) is 5.68. The van der Waals surface area contributed by atoms with E-state index in [0.29, 0.717) is 0 Å². The van der Waals surface area contributed by atoms with Gasteiger partial charge in [-0.3, -0.25) is 4.90 Å². The highest BCUT2D eigenvalue weighted by atomic mass is 16.5. The van der Waals surface area contributed by atoms with E-state index in [4.69, 9.17) is 4.74 Å².